The number of imidazole rings is 1. The predicted molar refractivity (Wildman–Crippen MR) is 186 cm³/mol. The molecule has 0 amide bonds. The lowest BCUT2D eigenvalue weighted by Gasteiger charge is -2.29. The van der Waals surface area contributed by atoms with Crippen molar-refractivity contribution in [1.82, 2.24) is 19.4 Å². The second kappa shape index (κ2) is 13.2. The van der Waals surface area contributed by atoms with Crippen LogP contribution in [0.1, 0.15) is 5.56 Å². The van der Waals surface area contributed by atoms with Gasteiger partial charge in [0.25, 0.3) is 0 Å². The molecule has 244 valence electrons. The molecule has 3 aromatic carbocycles. The molecule has 0 unspecified atom stereocenters. The number of nitrogens with one attached hydrogen (secondary N) is 1. The Morgan fingerprint density at radius 2 is 1.60 bits per heavy atom. The van der Waals surface area contributed by atoms with Crippen LogP contribution in [-0.4, -0.2) is 66.6 Å². The number of pyridine rings is 1. The Bertz CT molecular complexity index is 2170. The highest BCUT2D eigenvalue weighted by molar-refractivity contribution is 7.91. The number of nitrogens with zero attached hydrogens (tertiary/aromatic N) is 5. The van der Waals surface area contributed by atoms with Crippen molar-refractivity contribution in [2.45, 2.75) is 6.61 Å². The van der Waals surface area contributed by atoms with Crippen LogP contribution in [0.5, 0.6) is 17.2 Å². The Morgan fingerprint density at radius 3 is 2.40 bits per heavy atom. The molecule has 0 spiro atoms. The summed E-state index contributed by atoms with van der Waals surface area (Å²) in [5.41, 5.74) is 6.42. The van der Waals surface area contributed by atoms with Crippen LogP contribution < -0.4 is 24.4 Å². The largest absolute Gasteiger partial charge is 0.494 e. The molecule has 4 heterocycles. The fourth-order valence-corrected chi connectivity index (χ4v) is 6.93. The highest BCUT2D eigenvalue weighted by Crippen LogP contribution is 2.38. The van der Waals surface area contributed by atoms with E-state index >= 15 is 0 Å². The summed E-state index contributed by atoms with van der Waals surface area (Å²) in [6.45, 7) is 1.31. The first-order valence-electron chi connectivity index (χ1n) is 15.5. The first-order chi connectivity index (χ1) is 23.4. The number of ether oxygens (including phenoxy) is 3. The normalized spacial score (nSPS) is 14.1. The second-order valence-corrected chi connectivity index (χ2v) is 13.6. The Hall–Kier alpha value is -5.62. The average Bonchev–Trinajstić information content (AvgIpc) is 3.51. The van der Waals surface area contributed by atoms with E-state index in [1.54, 1.807) is 20.4 Å². The maximum Gasteiger partial charge on any atom is 0.227 e. The Morgan fingerprint density at radius 1 is 0.812 bits per heavy atom. The molecule has 3 aromatic heterocycles. The van der Waals surface area contributed by atoms with E-state index in [0.29, 0.717) is 54.3 Å². The average molecular weight is 663 g/mol. The van der Waals surface area contributed by atoms with E-state index in [9.17, 15) is 8.42 Å². The van der Waals surface area contributed by atoms with Gasteiger partial charge in [-0.1, -0.05) is 36.4 Å². The monoisotopic (exact) mass is 662 g/mol. The van der Waals surface area contributed by atoms with Gasteiger partial charge in [-0.25, -0.2) is 23.4 Å². The summed E-state index contributed by atoms with van der Waals surface area (Å²) in [7, 11) is 0.237. The minimum Gasteiger partial charge on any atom is -0.494 e. The molecule has 0 aliphatic carbocycles. The third-order valence-corrected chi connectivity index (χ3v) is 9.85. The minimum absolute atomic E-state index is 0.139. The fourth-order valence-electron chi connectivity index (χ4n) is 5.73. The lowest BCUT2D eigenvalue weighted by atomic mass is 10.1. The molecular formula is C36H34N6O5S. The number of sulfone groups is 1. The third-order valence-electron chi connectivity index (χ3n) is 8.24. The zero-order valence-electron chi connectivity index (χ0n) is 26.5. The SMILES string of the molecule is COc1cc(N2CCS(=O)(=O)CC2)ccc1Nc1nccc(-c2c(-c3ccc(OCc4ccccc4)c(OC)c3)nc3ccccn23)n1. The molecule has 12 heteroatoms. The molecule has 1 fully saturated rings. The van der Waals surface area contributed by atoms with Gasteiger partial charge in [0.1, 0.15) is 18.0 Å². The first-order valence-corrected chi connectivity index (χ1v) is 17.3. The van der Waals surface area contributed by atoms with Crippen molar-refractivity contribution in [2.24, 2.45) is 0 Å². The van der Waals surface area contributed by atoms with E-state index in [1.807, 2.05) is 106 Å². The van der Waals surface area contributed by atoms with Crippen LogP contribution in [0.15, 0.2) is 103 Å². The molecule has 0 bridgehead atoms. The lowest BCUT2D eigenvalue weighted by molar-refractivity contribution is 0.284. The number of hydrogen-bond acceptors (Lipinski definition) is 10. The number of rotatable bonds is 10. The van der Waals surface area contributed by atoms with Gasteiger partial charge in [-0.05, 0) is 54.1 Å². The van der Waals surface area contributed by atoms with Crippen molar-refractivity contribution in [3.05, 3.63) is 109 Å². The fraction of sp³-hybridized carbons (Fsp3) is 0.194. The number of fused-ring (bicyclic) bond motifs is 1. The summed E-state index contributed by atoms with van der Waals surface area (Å²) in [4.78, 5) is 16.4. The molecular weight excluding hydrogens is 628 g/mol. The lowest BCUT2D eigenvalue weighted by Crippen LogP contribution is -2.40. The number of benzene rings is 3. The number of methoxy groups -OCH3 is 2. The van der Waals surface area contributed by atoms with Crippen LogP contribution in [0.4, 0.5) is 17.3 Å². The Labute approximate surface area is 278 Å². The van der Waals surface area contributed by atoms with E-state index in [-0.39, 0.29) is 11.5 Å². The van der Waals surface area contributed by atoms with E-state index < -0.39 is 9.84 Å². The summed E-state index contributed by atoms with van der Waals surface area (Å²) in [5.74, 6) is 2.47. The molecule has 11 nitrogen and oxygen atoms in total. The van der Waals surface area contributed by atoms with Crippen LogP contribution in [0.3, 0.4) is 0 Å². The maximum absolute atomic E-state index is 11.9. The maximum atomic E-state index is 11.9. The molecule has 7 rings (SSSR count). The highest BCUT2D eigenvalue weighted by atomic mass is 32.2. The van der Waals surface area contributed by atoms with Gasteiger partial charge >= 0.3 is 0 Å². The van der Waals surface area contributed by atoms with E-state index in [0.717, 1.165) is 33.8 Å². The van der Waals surface area contributed by atoms with Crippen LogP contribution >= 0.6 is 0 Å². The zero-order chi connectivity index (χ0) is 33.1. The summed E-state index contributed by atoms with van der Waals surface area (Å²) in [6.07, 6.45) is 3.66. The molecule has 1 aliphatic heterocycles. The van der Waals surface area contributed by atoms with Crippen LogP contribution in [0, 0.1) is 0 Å². The Balaban J connectivity index is 1.19. The van der Waals surface area contributed by atoms with Crippen molar-refractivity contribution >= 4 is 32.8 Å². The van der Waals surface area contributed by atoms with E-state index in [1.165, 1.54) is 0 Å². The molecule has 1 aliphatic rings. The molecule has 0 atom stereocenters. The minimum atomic E-state index is -2.98. The quantitative estimate of drug-likeness (QED) is 0.186. The first kappa shape index (κ1) is 31.0. The highest BCUT2D eigenvalue weighted by Gasteiger charge is 2.23. The van der Waals surface area contributed by atoms with Crippen molar-refractivity contribution in [3.63, 3.8) is 0 Å². The van der Waals surface area contributed by atoms with Crippen LogP contribution in [0.2, 0.25) is 0 Å². The van der Waals surface area contributed by atoms with Gasteiger partial charge in [0, 0.05) is 42.8 Å². The summed E-state index contributed by atoms with van der Waals surface area (Å²) in [5, 5.41) is 3.30. The molecule has 1 saturated heterocycles. The van der Waals surface area contributed by atoms with Gasteiger partial charge in [-0.2, -0.15) is 0 Å². The molecule has 48 heavy (non-hydrogen) atoms. The summed E-state index contributed by atoms with van der Waals surface area (Å²) in [6, 6.07) is 29.2. The number of aromatic nitrogens is 4. The van der Waals surface area contributed by atoms with Gasteiger partial charge in [-0.3, -0.25) is 4.40 Å². The van der Waals surface area contributed by atoms with Gasteiger partial charge < -0.3 is 24.4 Å². The second-order valence-electron chi connectivity index (χ2n) is 11.3. The molecule has 0 radical (unpaired) electrons. The third kappa shape index (κ3) is 6.47. The van der Waals surface area contributed by atoms with Crippen molar-refractivity contribution in [2.75, 3.05) is 49.0 Å². The Kier molecular flexibility index (Phi) is 8.55. The van der Waals surface area contributed by atoms with Gasteiger partial charge in [0.15, 0.2) is 21.3 Å². The van der Waals surface area contributed by atoms with Crippen molar-refractivity contribution in [3.8, 4) is 39.9 Å². The number of anilines is 3. The molecule has 0 saturated carbocycles. The number of hydrogen-bond donors (Lipinski definition) is 1. The smallest absolute Gasteiger partial charge is 0.227 e. The van der Waals surface area contributed by atoms with E-state index in [2.05, 4.69) is 10.3 Å². The van der Waals surface area contributed by atoms with Gasteiger partial charge in [0.2, 0.25) is 5.95 Å². The van der Waals surface area contributed by atoms with Crippen LogP contribution in [0.25, 0.3) is 28.3 Å². The summed E-state index contributed by atoms with van der Waals surface area (Å²) < 4.78 is 43.4. The van der Waals surface area contributed by atoms with Gasteiger partial charge in [-0.15, -0.1) is 0 Å². The van der Waals surface area contributed by atoms with Crippen molar-refractivity contribution in [1.29, 1.82) is 0 Å². The predicted octanol–water partition coefficient (Wildman–Crippen LogP) is 6.03. The van der Waals surface area contributed by atoms with Crippen molar-refractivity contribution < 1.29 is 22.6 Å². The summed E-state index contributed by atoms with van der Waals surface area (Å²) >= 11 is 0. The van der Waals surface area contributed by atoms with Gasteiger partial charge in [0.05, 0.1) is 48.5 Å². The zero-order valence-corrected chi connectivity index (χ0v) is 27.4. The standard InChI is InChI=1S/C36H34N6O5S/c1-45-31-23-27(41-18-20-48(43,44)21-19-41)12-13-28(31)38-36-37-16-15-29(39-36)35-34(40-33-10-6-7-17-42(33)35)26-11-14-30(32(22-26)46-2)47-24-25-8-4-3-5-9-25/h3-17,22-23H,18-21,24H2,1-2H3,(H,37,38,39). The topological polar surface area (TPSA) is 120 Å². The van der Waals surface area contributed by atoms with Crippen LogP contribution in [-0.2, 0) is 16.4 Å². The molecule has 1 N–H and O–H groups in total. The molecule has 6 aromatic rings. The van der Waals surface area contributed by atoms with E-state index in [4.69, 9.17) is 24.2 Å².